The molecular weight excluding hydrogens is 402 g/mol. The molecule has 2 saturated carbocycles. The van der Waals surface area contributed by atoms with Crippen molar-refractivity contribution in [3.05, 3.63) is 71.7 Å². The summed E-state index contributed by atoms with van der Waals surface area (Å²) in [4.78, 5) is 15.4. The first-order valence-electron chi connectivity index (χ1n) is 10.9. The van der Waals surface area contributed by atoms with Crippen LogP contribution in [0.1, 0.15) is 47.3 Å². The van der Waals surface area contributed by atoms with Crippen LogP contribution < -0.4 is 5.32 Å². The number of aldehydes is 1. The minimum atomic E-state index is -0.500. The second-order valence-corrected chi connectivity index (χ2v) is 8.79. The number of carbonyl (C=O) groups excluding carboxylic acids is 1. The summed E-state index contributed by atoms with van der Waals surface area (Å²) in [6.45, 7) is 0. The lowest BCUT2D eigenvalue weighted by molar-refractivity contribution is 0.111. The van der Waals surface area contributed by atoms with Crippen molar-refractivity contribution in [2.24, 2.45) is 7.05 Å². The van der Waals surface area contributed by atoms with Gasteiger partial charge in [0, 0.05) is 29.7 Å². The zero-order valence-corrected chi connectivity index (χ0v) is 18.3. The summed E-state index contributed by atoms with van der Waals surface area (Å²) in [6.07, 6.45) is 8.61. The summed E-state index contributed by atoms with van der Waals surface area (Å²) in [5.41, 5.74) is 5.33. The van der Waals surface area contributed by atoms with Gasteiger partial charge in [-0.1, -0.05) is 24.3 Å². The Morgan fingerprint density at radius 3 is 2.53 bits per heavy atom. The maximum atomic E-state index is 10.8. The zero-order valence-electron chi connectivity index (χ0n) is 18.3. The van der Waals surface area contributed by atoms with Crippen LogP contribution in [0.4, 0.5) is 0 Å². The van der Waals surface area contributed by atoms with Crippen molar-refractivity contribution in [2.45, 2.75) is 36.8 Å². The number of nitrogens with one attached hydrogen (secondary N) is 2. The Hall–Kier alpha value is -3.29. The Labute approximate surface area is 186 Å². The lowest BCUT2D eigenvalue weighted by Crippen LogP contribution is -2.24. The average molecular weight is 430 g/mol. The Morgan fingerprint density at radius 1 is 1.12 bits per heavy atom. The topological polar surface area (TPSA) is 95.8 Å². The number of fused-ring (bicyclic) bond motifs is 1. The Morgan fingerprint density at radius 2 is 1.91 bits per heavy atom. The molecule has 7 heteroatoms. The van der Waals surface area contributed by atoms with Crippen LogP contribution in [0.2, 0.25) is 0 Å². The maximum Gasteiger partial charge on any atom is 0.166 e. The maximum absolute atomic E-state index is 10.8. The predicted octanol–water partition coefficient (Wildman–Crippen LogP) is 3.65. The van der Waals surface area contributed by atoms with Crippen molar-refractivity contribution in [1.82, 2.24) is 25.1 Å². The highest BCUT2D eigenvalue weighted by atomic mass is 16.3. The second-order valence-electron chi connectivity index (χ2n) is 8.79. The molecule has 0 unspecified atom stereocenters. The van der Waals surface area contributed by atoms with E-state index < -0.39 is 5.60 Å². The summed E-state index contributed by atoms with van der Waals surface area (Å²) in [7, 11) is 3.85. The number of aryl methyl sites for hydroxylation is 1. The molecule has 0 amide bonds. The molecule has 2 aliphatic carbocycles. The summed E-state index contributed by atoms with van der Waals surface area (Å²) in [5, 5.41) is 21.1. The van der Waals surface area contributed by atoms with Gasteiger partial charge in [-0.05, 0) is 62.1 Å². The van der Waals surface area contributed by atoms with Crippen LogP contribution in [-0.4, -0.2) is 38.2 Å². The van der Waals surface area contributed by atoms with E-state index in [4.69, 9.17) is 0 Å². The number of aliphatic hydroxyl groups is 1. The number of nitrogens with zero attached hydrogens (tertiary/aromatic N) is 3. The van der Waals surface area contributed by atoms with Crippen molar-refractivity contribution in [3.63, 3.8) is 0 Å². The van der Waals surface area contributed by atoms with Gasteiger partial charge in [0.05, 0.1) is 23.2 Å². The van der Waals surface area contributed by atoms with Crippen molar-refractivity contribution < 1.29 is 9.90 Å². The highest BCUT2D eigenvalue weighted by molar-refractivity contribution is 5.87. The van der Waals surface area contributed by atoms with Crippen LogP contribution in [0.15, 0.2) is 54.9 Å². The molecule has 6 rings (SSSR count). The third-order valence-electron chi connectivity index (χ3n) is 6.73. The summed E-state index contributed by atoms with van der Waals surface area (Å²) < 4.78 is 1.78. The molecule has 0 bridgehead atoms. The molecule has 3 heterocycles. The molecule has 3 N–H and O–H groups in total. The minimum Gasteiger partial charge on any atom is -0.385 e. The molecule has 1 aromatic carbocycles. The molecule has 2 fully saturated rings. The molecule has 0 spiro atoms. The van der Waals surface area contributed by atoms with Gasteiger partial charge in [-0.25, -0.2) is 4.98 Å². The molecule has 4 aromatic rings. The Kier molecular flexibility index (Phi) is 4.95. The monoisotopic (exact) mass is 429 g/mol. The van der Waals surface area contributed by atoms with E-state index >= 15 is 0 Å². The number of hydrogen-bond acceptors (Lipinski definition) is 5. The number of aromatic nitrogens is 4. The molecule has 7 nitrogen and oxygen atoms in total. The second kappa shape index (κ2) is 7.69. The first kappa shape index (κ1) is 20.6. The van der Waals surface area contributed by atoms with Crippen molar-refractivity contribution in [3.8, 4) is 11.3 Å². The first-order valence-corrected chi connectivity index (χ1v) is 10.9. The predicted molar refractivity (Wildman–Crippen MR) is 123 cm³/mol. The number of H-pyrrole nitrogens is 1. The third kappa shape index (κ3) is 3.63. The van der Waals surface area contributed by atoms with E-state index in [1.807, 2.05) is 38.4 Å². The average Bonchev–Trinajstić information content (AvgIpc) is 3.70. The van der Waals surface area contributed by atoms with Gasteiger partial charge < -0.3 is 15.0 Å². The van der Waals surface area contributed by atoms with Gasteiger partial charge in [-0.3, -0.25) is 9.89 Å². The van der Waals surface area contributed by atoms with E-state index in [9.17, 15) is 9.90 Å². The third-order valence-corrected chi connectivity index (χ3v) is 6.73. The fraction of sp³-hybridized carbons (Fsp3) is 0.320. The highest BCUT2D eigenvalue weighted by Gasteiger charge is 2.45. The van der Waals surface area contributed by atoms with E-state index in [1.54, 1.807) is 17.0 Å². The molecule has 0 atom stereocenters. The Bertz CT molecular complexity index is 1270. The molecule has 164 valence electrons. The van der Waals surface area contributed by atoms with Crippen LogP contribution in [0.3, 0.4) is 0 Å². The Balaban J connectivity index is 0.000000136. The van der Waals surface area contributed by atoms with Gasteiger partial charge in [0.15, 0.2) is 6.29 Å². The van der Waals surface area contributed by atoms with Crippen LogP contribution in [-0.2, 0) is 18.2 Å². The van der Waals surface area contributed by atoms with E-state index in [0.717, 1.165) is 47.0 Å². The fourth-order valence-electron chi connectivity index (χ4n) is 4.21. The van der Waals surface area contributed by atoms with E-state index in [-0.39, 0.29) is 5.54 Å². The van der Waals surface area contributed by atoms with Gasteiger partial charge in [0.25, 0.3) is 0 Å². The van der Waals surface area contributed by atoms with Crippen LogP contribution in [0, 0.1) is 0 Å². The molecule has 0 aliphatic heterocycles. The largest absolute Gasteiger partial charge is 0.385 e. The molecule has 2 aliphatic rings. The van der Waals surface area contributed by atoms with E-state index in [2.05, 4.69) is 38.7 Å². The zero-order chi connectivity index (χ0) is 22.3. The first-order chi connectivity index (χ1) is 15.5. The fourth-order valence-corrected chi connectivity index (χ4v) is 4.21. The number of carbonyl (C=O) groups is 1. The van der Waals surface area contributed by atoms with Crippen LogP contribution in [0.25, 0.3) is 22.3 Å². The molecule has 0 radical (unpaired) electrons. The number of pyridine rings is 1. The molecule has 3 aromatic heterocycles. The van der Waals surface area contributed by atoms with E-state index in [0.29, 0.717) is 5.69 Å². The number of hydrogen-bond donors (Lipinski definition) is 3. The lowest BCUT2D eigenvalue weighted by Gasteiger charge is -2.17. The molecule has 32 heavy (non-hydrogen) atoms. The standard InChI is InChI=1S/C13H17NO.C12H10N4O/c1-14-12(5-6-12)10-3-2-4-11(9-10)13(15)7-8-13;1-16-10(7-17)4-8-2-3-11(15-12(8)16)9-5-13-14-6-9/h2-4,9,14-15H,5-8H2,1H3;2-7H,1H3,(H,13,14). The summed E-state index contributed by atoms with van der Waals surface area (Å²) >= 11 is 0. The van der Waals surface area contributed by atoms with E-state index in [1.165, 1.54) is 18.4 Å². The van der Waals surface area contributed by atoms with Gasteiger partial charge in [0.2, 0.25) is 0 Å². The minimum absolute atomic E-state index is 0.210. The SMILES string of the molecule is CNC1(c2cccc(C3(O)CC3)c2)CC1.Cn1c(C=O)cc2ccc(-c3cn[nH]c3)nc21. The number of rotatable bonds is 5. The molecule has 0 saturated heterocycles. The summed E-state index contributed by atoms with van der Waals surface area (Å²) in [6, 6.07) is 14.2. The van der Waals surface area contributed by atoms with Gasteiger partial charge in [-0.15, -0.1) is 0 Å². The quantitative estimate of drug-likeness (QED) is 0.421. The van der Waals surface area contributed by atoms with Crippen molar-refractivity contribution in [2.75, 3.05) is 7.05 Å². The highest BCUT2D eigenvalue weighted by Crippen LogP contribution is 2.49. The van der Waals surface area contributed by atoms with Gasteiger partial charge in [-0.2, -0.15) is 5.10 Å². The molecular formula is C25H27N5O2. The smallest absolute Gasteiger partial charge is 0.166 e. The van der Waals surface area contributed by atoms with Gasteiger partial charge >= 0.3 is 0 Å². The van der Waals surface area contributed by atoms with Crippen LogP contribution >= 0.6 is 0 Å². The van der Waals surface area contributed by atoms with Gasteiger partial charge in [0.1, 0.15) is 5.65 Å². The number of aromatic amines is 1. The summed E-state index contributed by atoms with van der Waals surface area (Å²) in [5.74, 6) is 0. The van der Waals surface area contributed by atoms with Crippen molar-refractivity contribution in [1.29, 1.82) is 0 Å². The van der Waals surface area contributed by atoms with Crippen molar-refractivity contribution >= 4 is 17.3 Å². The lowest BCUT2D eigenvalue weighted by atomic mass is 9.99. The number of benzene rings is 1. The normalized spacial score (nSPS) is 17.5. The van der Waals surface area contributed by atoms with Crippen LogP contribution in [0.5, 0.6) is 0 Å².